The van der Waals surface area contributed by atoms with Crippen LogP contribution in [0.2, 0.25) is 0 Å². The van der Waals surface area contributed by atoms with E-state index in [1.165, 1.54) is 4.57 Å². The lowest BCUT2D eigenvalue weighted by molar-refractivity contribution is -0.143. The van der Waals surface area contributed by atoms with Crippen molar-refractivity contribution in [2.24, 2.45) is 4.99 Å². The number of hydrogen-bond donors (Lipinski definition) is 1. The number of nitrogens with zero attached hydrogens (tertiary/aromatic N) is 2. The van der Waals surface area contributed by atoms with Crippen LogP contribution in [0.1, 0.15) is 63.6 Å². The third-order valence-electron chi connectivity index (χ3n) is 5.81. The van der Waals surface area contributed by atoms with Crippen LogP contribution in [0, 0.1) is 6.92 Å². The highest BCUT2D eigenvalue weighted by Crippen LogP contribution is 2.34. The van der Waals surface area contributed by atoms with Crippen molar-refractivity contribution < 1.29 is 47.7 Å². The third-order valence-corrected chi connectivity index (χ3v) is 8.95. The summed E-state index contributed by atoms with van der Waals surface area (Å²) in [7, 11) is 0. The summed E-state index contributed by atoms with van der Waals surface area (Å²) in [6.45, 7) is 8.67. The molecule has 16 heteroatoms. The van der Waals surface area contributed by atoms with E-state index in [0.717, 1.165) is 34.4 Å². The molecule has 0 bridgehead atoms. The predicted molar refractivity (Wildman–Crippen MR) is 170 cm³/mol. The molecule has 0 saturated carbocycles. The topological polar surface area (TPSA) is 169 Å². The second-order valence-corrected chi connectivity index (χ2v) is 11.9. The van der Waals surface area contributed by atoms with Crippen molar-refractivity contribution in [2.45, 2.75) is 41.2 Å². The minimum Gasteiger partial charge on any atom is -0.465 e. The molecular formula is C29H33N3O10S3. The minimum atomic E-state index is -0.687. The fraction of sp³-hybridized carbons (Fsp3) is 0.414. The molecule has 13 nitrogen and oxygen atoms in total. The second kappa shape index (κ2) is 16.9. The van der Waals surface area contributed by atoms with Gasteiger partial charge in [0.25, 0.3) is 5.91 Å². The van der Waals surface area contributed by atoms with Crippen LogP contribution in [0.25, 0.3) is 10.2 Å². The van der Waals surface area contributed by atoms with Crippen LogP contribution in [-0.4, -0.2) is 78.2 Å². The van der Waals surface area contributed by atoms with Crippen molar-refractivity contribution in [3.8, 4) is 0 Å². The van der Waals surface area contributed by atoms with Gasteiger partial charge in [-0.05, 0) is 58.4 Å². The number of carbonyl (C=O) groups is 6. The quantitative estimate of drug-likeness (QED) is 0.193. The molecule has 242 valence electrons. The molecule has 2 heterocycles. The van der Waals surface area contributed by atoms with E-state index in [1.807, 2.05) is 0 Å². The summed E-state index contributed by atoms with van der Waals surface area (Å²) in [5.41, 5.74) is 1.29. The van der Waals surface area contributed by atoms with Gasteiger partial charge in [0.2, 0.25) is 5.91 Å². The number of ether oxygens (including phenoxy) is 4. The van der Waals surface area contributed by atoms with Crippen molar-refractivity contribution in [3.05, 3.63) is 44.6 Å². The van der Waals surface area contributed by atoms with Crippen LogP contribution >= 0.6 is 34.4 Å². The van der Waals surface area contributed by atoms with Crippen LogP contribution in [0.4, 0.5) is 5.00 Å². The van der Waals surface area contributed by atoms with Crippen molar-refractivity contribution >= 4 is 85.3 Å². The lowest BCUT2D eigenvalue weighted by Crippen LogP contribution is -2.23. The van der Waals surface area contributed by atoms with E-state index in [1.54, 1.807) is 52.8 Å². The third kappa shape index (κ3) is 9.25. The summed E-state index contributed by atoms with van der Waals surface area (Å²) in [5.74, 6) is -3.74. The van der Waals surface area contributed by atoms with Gasteiger partial charge in [-0.15, -0.1) is 23.1 Å². The first-order valence-electron chi connectivity index (χ1n) is 13.9. The summed E-state index contributed by atoms with van der Waals surface area (Å²) in [5, 5.41) is 2.77. The van der Waals surface area contributed by atoms with Gasteiger partial charge in [-0.1, -0.05) is 11.3 Å². The highest BCUT2D eigenvalue weighted by atomic mass is 32.2. The van der Waals surface area contributed by atoms with Crippen molar-refractivity contribution in [1.82, 2.24) is 4.57 Å². The number of esters is 4. The van der Waals surface area contributed by atoms with Crippen molar-refractivity contribution in [1.29, 1.82) is 0 Å². The van der Waals surface area contributed by atoms with Crippen LogP contribution in [0.5, 0.6) is 0 Å². The van der Waals surface area contributed by atoms with E-state index < -0.39 is 35.7 Å². The molecule has 3 aromatic rings. The van der Waals surface area contributed by atoms with Gasteiger partial charge >= 0.3 is 23.9 Å². The second-order valence-electron chi connectivity index (χ2n) is 8.93. The Kier molecular flexibility index (Phi) is 13.3. The van der Waals surface area contributed by atoms with E-state index in [4.69, 9.17) is 18.9 Å². The van der Waals surface area contributed by atoms with Gasteiger partial charge in [-0.25, -0.2) is 14.4 Å². The molecule has 0 atom stereocenters. The lowest BCUT2D eigenvalue weighted by Gasteiger charge is -2.07. The first-order valence-corrected chi connectivity index (χ1v) is 16.7. The summed E-state index contributed by atoms with van der Waals surface area (Å²) < 4.78 is 22.4. The Balaban J connectivity index is 1.77. The van der Waals surface area contributed by atoms with E-state index in [0.29, 0.717) is 21.3 Å². The smallest absolute Gasteiger partial charge is 0.348 e. The summed E-state index contributed by atoms with van der Waals surface area (Å²) >= 11 is 3.01. The average molecular weight is 680 g/mol. The fourth-order valence-corrected chi connectivity index (χ4v) is 6.75. The summed E-state index contributed by atoms with van der Waals surface area (Å²) in [4.78, 5) is 79.6. The number of thiazole rings is 1. The van der Waals surface area contributed by atoms with E-state index >= 15 is 0 Å². The van der Waals surface area contributed by atoms with Crippen LogP contribution in [0.3, 0.4) is 0 Å². The molecule has 1 aromatic carbocycles. The lowest BCUT2D eigenvalue weighted by atomic mass is 10.1. The molecule has 2 aromatic heterocycles. The number of thioether (sulfide) groups is 1. The minimum absolute atomic E-state index is 0.0661. The monoisotopic (exact) mass is 679 g/mol. The molecule has 0 unspecified atom stereocenters. The molecule has 0 radical (unpaired) electrons. The van der Waals surface area contributed by atoms with E-state index in [-0.39, 0.29) is 64.7 Å². The largest absolute Gasteiger partial charge is 0.465 e. The van der Waals surface area contributed by atoms with E-state index in [9.17, 15) is 28.8 Å². The Bertz CT molecular complexity index is 1670. The first kappa shape index (κ1) is 35.5. The van der Waals surface area contributed by atoms with Gasteiger partial charge in [0, 0.05) is 0 Å². The zero-order valence-corrected chi connectivity index (χ0v) is 27.8. The predicted octanol–water partition coefficient (Wildman–Crippen LogP) is 3.97. The van der Waals surface area contributed by atoms with E-state index in [2.05, 4.69) is 10.3 Å². The number of anilines is 1. The standard InChI is InChI=1S/C29H33N3O10S3/c1-6-39-22(35)13-32-18-11-10-17(26(36)40-7-2)12-19(18)44-29(32)31-21(34)15-43-14-20(33)30-25-23(27(37)41-8-3)16(5)24(45-25)28(38)42-9-4/h10-12H,6-9,13-15H2,1-5H3,(H,30,33). The zero-order valence-electron chi connectivity index (χ0n) is 25.4. The number of fused-ring (bicyclic) bond motifs is 1. The normalized spacial score (nSPS) is 11.3. The summed E-state index contributed by atoms with van der Waals surface area (Å²) in [6, 6.07) is 4.81. The Hall–Kier alpha value is -4.02. The number of thiophene rings is 1. The molecular weight excluding hydrogens is 647 g/mol. The SMILES string of the molecule is CCOC(=O)Cn1c(=NC(=O)CSCC(=O)Nc2sc(C(=O)OCC)c(C)c2C(=O)OCC)sc2cc(C(=O)OCC)ccc21. The number of carbonyl (C=O) groups excluding carboxylic acids is 6. The van der Waals surface area contributed by atoms with Gasteiger partial charge < -0.3 is 28.8 Å². The molecule has 0 aliphatic carbocycles. The number of amides is 2. The highest BCUT2D eigenvalue weighted by molar-refractivity contribution is 8.00. The Morgan fingerprint density at radius 1 is 0.844 bits per heavy atom. The Morgan fingerprint density at radius 3 is 2.16 bits per heavy atom. The van der Waals surface area contributed by atoms with Crippen LogP contribution in [0.15, 0.2) is 23.2 Å². The molecule has 0 aliphatic heterocycles. The van der Waals surface area contributed by atoms with Gasteiger partial charge in [-0.3, -0.25) is 14.4 Å². The number of hydrogen-bond acceptors (Lipinski definition) is 13. The Morgan fingerprint density at radius 2 is 1.49 bits per heavy atom. The number of nitrogens with one attached hydrogen (secondary N) is 1. The van der Waals surface area contributed by atoms with Crippen LogP contribution < -0.4 is 10.1 Å². The number of benzene rings is 1. The Labute approximate surface area is 270 Å². The van der Waals surface area contributed by atoms with Gasteiger partial charge in [0.05, 0.1) is 59.3 Å². The molecule has 0 fully saturated rings. The average Bonchev–Trinajstić information content (AvgIpc) is 3.49. The van der Waals surface area contributed by atoms with Gasteiger partial charge in [-0.2, -0.15) is 4.99 Å². The number of rotatable bonds is 14. The molecule has 2 amide bonds. The maximum absolute atomic E-state index is 12.8. The highest BCUT2D eigenvalue weighted by Gasteiger charge is 2.27. The summed E-state index contributed by atoms with van der Waals surface area (Å²) in [6.07, 6.45) is 0. The first-order chi connectivity index (χ1) is 21.5. The van der Waals surface area contributed by atoms with Gasteiger partial charge in [0.1, 0.15) is 16.4 Å². The zero-order chi connectivity index (χ0) is 33.1. The fourth-order valence-electron chi connectivity index (χ4n) is 3.96. The molecule has 1 N–H and O–H groups in total. The molecule has 3 rings (SSSR count). The molecule has 0 spiro atoms. The number of aromatic nitrogens is 1. The maximum Gasteiger partial charge on any atom is 0.348 e. The maximum atomic E-state index is 12.8. The van der Waals surface area contributed by atoms with Crippen molar-refractivity contribution in [3.63, 3.8) is 0 Å². The molecule has 0 aliphatic rings. The van der Waals surface area contributed by atoms with Gasteiger partial charge in [0.15, 0.2) is 4.80 Å². The molecule has 0 saturated heterocycles. The van der Waals surface area contributed by atoms with Crippen LogP contribution in [-0.2, 0) is 39.9 Å². The van der Waals surface area contributed by atoms with Crippen molar-refractivity contribution in [2.75, 3.05) is 43.3 Å². The molecule has 45 heavy (non-hydrogen) atoms.